The van der Waals surface area contributed by atoms with Crippen LogP contribution >= 0.6 is 0 Å². The zero-order valence-electron chi connectivity index (χ0n) is 22.2. The van der Waals surface area contributed by atoms with Crippen LogP contribution in [-0.4, -0.2) is 78.7 Å². The van der Waals surface area contributed by atoms with Crippen LogP contribution in [-0.2, 0) is 11.0 Å². The maximum absolute atomic E-state index is 13.7. The minimum Gasteiger partial charge on any atom is -0.395 e. The maximum Gasteiger partial charge on any atom is 0.251 e. The summed E-state index contributed by atoms with van der Waals surface area (Å²) in [6.45, 7) is 6.12. The molecule has 2 aromatic heterocycles. The molecule has 1 unspecified atom stereocenters. The normalized spacial score (nSPS) is 18.8. The van der Waals surface area contributed by atoms with Crippen molar-refractivity contribution in [3.05, 3.63) is 36.2 Å². The van der Waals surface area contributed by atoms with Gasteiger partial charge in [0, 0.05) is 50.4 Å². The van der Waals surface area contributed by atoms with E-state index in [1.54, 1.807) is 15.8 Å². The number of aliphatic hydroxyl groups is 1. The van der Waals surface area contributed by atoms with Gasteiger partial charge in [0.1, 0.15) is 16.7 Å². The summed E-state index contributed by atoms with van der Waals surface area (Å²) in [6.07, 6.45) is 3.51. The molecule has 39 heavy (non-hydrogen) atoms. The number of hydrogen-bond acceptors (Lipinski definition) is 8. The van der Waals surface area contributed by atoms with Gasteiger partial charge in [-0.05, 0) is 49.9 Å². The van der Waals surface area contributed by atoms with E-state index in [2.05, 4.69) is 36.8 Å². The molecule has 5 rings (SSSR count). The van der Waals surface area contributed by atoms with Gasteiger partial charge in [-0.2, -0.15) is 0 Å². The third-order valence-electron chi connectivity index (χ3n) is 7.23. The molecule has 1 atom stereocenters. The number of nitrogens with one attached hydrogen (secondary N) is 1. The molecule has 0 spiro atoms. The first-order valence-corrected chi connectivity index (χ1v) is 14.6. The summed E-state index contributed by atoms with van der Waals surface area (Å²) in [5, 5.41) is 17.9. The molecule has 0 bridgehead atoms. The van der Waals surface area contributed by atoms with E-state index in [0.29, 0.717) is 28.9 Å². The Morgan fingerprint density at radius 1 is 1.05 bits per heavy atom. The van der Waals surface area contributed by atoms with E-state index in [-0.39, 0.29) is 38.3 Å². The number of nitrogens with zero attached hydrogens (tertiary/aromatic N) is 7. The van der Waals surface area contributed by atoms with Gasteiger partial charge < -0.3 is 19.6 Å². The van der Waals surface area contributed by atoms with Crippen molar-refractivity contribution in [1.29, 1.82) is 0 Å². The number of anilines is 3. The molecule has 2 fully saturated rings. The molecule has 0 saturated carbocycles. The average molecular weight is 561 g/mol. The topological polar surface area (TPSA) is 112 Å². The van der Waals surface area contributed by atoms with Crippen molar-refractivity contribution in [2.75, 3.05) is 53.1 Å². The van der Waals surface area contributed by atoms with E-state index in [1.807, 2.05) is 31.2 Å². The molecular formula is C26H34F2N8O2S. The number of aryl methyl sites for hydroxylation is 1. The van der Waals surface area contributed by atoms with Crippen molar-refractivity contribution in [2.45, 2.75) is 45.5 Å². The minimum atomic E-state index is -2.64. The van der Waals surface area contributed by atoms with E-state index < -0.39 is 16.9 Å². The van der Waals surface area contributed by atoms with E-state index in [1.165, 1.54) is 0 Å². The average Bonchev–Trinajstić information content (AvgIpc) is 3.39. The van der Waals surface area contributed by atoms with Crippen molar-refractivity contribution in [2.24, 2.45) is 5.92 Å². The van der Waals surface area contributed by atoms with Crippen LogP contribution in [0.1, 0.15) is 38.3 Å². The molecule has 2 saturated heterocycles. The Bertz CT molecular complexity index is 1320. The van der Waals surface area contributed by atoms with Gasteiger partial charge in [-0.1, -0.05) is 12.1 Å². The molecule has 1 aromatic carbocycles. The molecule has 0 aliphatic carbocycles. The van der Waals surface area contributed by atoms with Gasteiger partial charge >= 0.3 is 0 Å². The molecule has 0 amide bonds. The van der Waals surface area contributed by atoms with Crippen molar-refractivity contribution in [3.63, 3.8) is 0 Å². The highest BCUT2D eigenvalue weighted by atomic mass is 32.2. The molecule has 210 valence electrons. The van der Waals surface area contributed by atoms with Crippen LogP contribution in [0.2, 0.25) is 0 Å². The lowest BCUT2D eigenvalue weighted by Crippen LogP contribution is -2.40. The second-order valence-corrected chi connectivity index (χ2v) is 11.6. The number of rotatable bonds is 8. The van der Waals surface area contributed by atoms with Crippen molar-refractivity contribution >= 4 is 28.3 Å². The Labute approximate surface area is 229 Å². The fourth-order valence-corrected chi connectivity index (χ4v) is 5.56. The smallest absolute Gasteiger partial charge is 0.251 e. The third kappa shape index (κ3) is 6.52. The van der Waals surface area contributed by atoms with Crippen molar-refractivity contribution < 1.29 is 18.1 Å². The second kappa shape index (κ2) is 11.5. The summed E-state index contributed by atoms with van der Waals surface area (Å²) >= 11 is 0. The first-order chi connectivity index (χ1) is 18.7. The fourth-order valence-electron chi connectivity index (χ4n) is 4.91. The zero-order valence-corrected chi connectivity index (χ0v) is 23.0. The first-order valence-electron chi connectivity index (χ1n) is 13.3. The van der Waals surface area contributed by atoms with E-state index in [0.717, 1.165) is 43.0 Å². The van der Waals surface area contributed by atoms with Gasteiger partial charge in [-0.15, -0.1) is 5.10 Å². The van der Waals surface area contributed by atoms with Gasteiger partial charge in [0.25, 0.3) is 5.92 Å². The summed E-state index contributed by atoms with van der Waals surface area (Å²) in [7, 11) is -1.39. The van der Waals surface area contributed by atoms with Gasteiger partial charge in [-0.25, -0.2) is 27.6 Å². The quantitative estimate of drug-likeness (QED) is 0.430. The molecule has 2 N–H and O–H groups in total. The number of halogens is 2. The van der Waals surface area contributed by atoms with Crippen LogP contribution in [0.5, 0.6) is 0 Å². The fraction of sp³-hybridized carbons (Fsp3) is 0.538. The van der Waals surface area contributed by atoms with Crippen LogP contribution in [0.4, 0.5) is 26.1 Å². The highest BCUT2D eigenvalue weighted by molar-refractivity contribution is 7.86. The van der Waals surface area contributed by atoms with Crippen LogP contribution < -0.4 is 14.5 Å². The van der Waals surface area contributed by atoms with E-state index in [9.17, 15) is 13.0 Å². The Balaban J connectivity index is 1.44. The van der Waals surface area contributed by atoms with Crippen LogP contribution in [0.25, 0.3) is 17.1 Å². The first kappa shape index (κ1) is 27.4. The van der Waals surface area contributed by atoms with Gasteiger partial charge in [0.2, 0.25) is 5.95 Å². The molecule has 2 aliphatic heterocycles. The van der Waals surface area contributed by atoms with Crippen LogP contribution in [0, 0.1) is 12.8 Å². The Morgan fingerprint density at radius 3 is 2.51 bits per heavy atom. The van der Waals surface area contributed by atoms with Crippen LogP contribution in [0.3, 0.4) is 0 Å². The summed E-state index contributed by atoms with van der Waals surface area (Å²) < 4.78 is 44.2. The summed E-state index contributed by atoms with van der Waals surface area (Å²) in [5.74, 6) is -1.42. The third-order valence-corrected chi connectivity index (χ3v) is 8.25. The number of aliphatic hydroxyl groups excluding tert-OH is 1. The van der Waals surface area contributed by atoms with Crippen molar-refractivity contribution in [3.8, 4) is 17.1 Å². The molecule has 0 radical (unpaired) electrons. The minimum absolute atomic E-state index is 0.144. The van der Waals surface area contributed by atoms with Crippen LogP contribution in [0.15, 0.2) is 30.5 Å². The molecule has 3 aromatic rings. The summed E-state index contributed by atoms with van der Waals surface area (Å²) in [4.78, 5) is 13.2. The monoisotopic (exact) mass is 560 g/mol. The number of hydrogen-bond donors (Lipinski definition) is 2. The maximum atomic E-state index is 13.7. The zero-order chi connectivity index (χ0) is 27.6. The lowest BCUT2D eigenvalue weighted by molar-refractivity contribution is -0.0222. The highest BCUT2D eigenvalue weighted by Gasteiger charge is 2.35. The standard InChI is InChI=1S/C26H34F2N8O2S/c1-18-5-9-34(10-6-18)24-16-20(32-39(38)14-13-37)3-4-23(24)36-17-22(31-33-36)21-15-19(2)29-25(30-21)35-11-7-26(27,28)8-12-35/h3-4,15-18,32,37H,5-14H2,1-2H3. The predicted octanol–water partition coefficient (Wildman–Crippen LogP) is 3.57. The Hall–Kier alpha value is -3.19. The highest BCUT2D eigenvalue weighted by Crippen LogP contribution is 2.33. The Morgan fingerprint density at radius 2 is 1.79 bits per heavy atom. The van der Waals surface area contributed by atoms with E-state index >= 15 is 0 Å². The van der Waals surface area contributed by atoms with Gasteiger partial charge in [0.05, 0.1) is 35.6 Å². The number of alkyl halides is 2. The molecule has 4 heterocycles. The SMILES string of the molecule is Cc1cc(-c2cn(-c3ccc(NS(=O)CCO)cc3N3CCC(C)CC3)nn2)nc(N2CCC(F)(F)CC2)n1. The second-order valence-electron chi connectivity index (χ2n) is 10.3. The summed E-state index contributed by atoms with van der Waals surface area (Å²) in [6, 6.07) is 7.52. The largest absolute Gasteiger partial charge is 0.395 e. The molecule has 10 nitrogen and oxygen atoms in total. The number of aromatic nitrogens is 5. The van der Waals surface area contributed by atoms with E-state index in [4.69, 9.17) is 5.11 Å². The van der Waals surface area contributed by atoms with Gasteiger partial charge in [-0.3, -0.25) is 0 Å². The predicted molar refractivity (Wildman–Crippen MR) is 148 cm³/mol. The molecule has 2 aliphatic rings. The van der Waals surface area contributed by atoms with Gasteiger partial charge in [0.15, 0.2) is 0 Å². The number of benzene rings is 1. The number of piperidine rings is 2. The lowest BCUT2D eigenvalue weighted by Gasteiger charge is -2.33. The Kier molecular flexibility index (Phi) is 8.08. The molecule has 13 heteroatoms. The lowest BCUT2D eigenvalue weighted by atomic mass is 9.98. The van der Waals surface area contributed by atoms with Crippen molar-refractivity contribution in [1.82, 2.24) is 25.0 Å². The summed E-state index contributed by atoms with van der Waals surface area (Å²) in [5.41, 5.74) is 4.31. The molecular weight excluding hydrogens is 526 g/mol.